The second kappa shape index (κ2) is 12.1. The number of carboxylic acid groups (broad SMARTS) is 1. The second-order valence-electron chi connectivity index (χ2n) is 10.6. The Bertz CT molecular complexity index is 1020. The number of aryl methyl sites for hydroxylation is 2. The number of benzene rings is 1. The van der Waals surface area contributed by atoms with E-state index < -0.39 is 5.97 Å². The largest absolute Gasteiger partial charge is 0.490 e. The van der Waals surface area contributed by atoms with E-state index in [9.17, 15) is 9.90 Å². The molecule has 194 valence electrons. The Kier molecular flexibility index (Phi) is 8.39. The Morgan fingerprint density at radius 2 is 2.11 bits per heavy atom. The lowest BCUT2D eigenvalue weighted by Crippen LogP contribution is -2.28. The Morgan fingerprint density at radius 3 is 2.97 bits per heavy atom. The molecule has 0 bridgehead atoms. The molecule has 2 fully saturated rings. The van der Waals surface area contributed by atoms with Gasteiger partial charge >= 0.3 is 5.97 Å². The topological polar surface area (TPSA) is 83.9 Å². The highest BCUT2D eigenvalue weighted by Crippen LogP contribution is 2.30. The van der Waals surface area contributed by atoms with Crippen LogP contribution in [0.2, 0.25) is 0 Å². The van der Waals surface area contributed by atoms with Crippen LogP contribution >= 0.6 is 0 Å². The third-order valence-electron chi connectivity index (χ3n) is 7.83. The number of hydrogen-bond acceptors (Lipinski definition) is 6. The third kappa shape index (κ3) is 6.77. The summed E-state index contributed by atoms with van der Waals surface area (Å²) in [5.74, 6) is 1.74. The highest BCUT2D eigenvalue weighted by Gasteiger charge is 2.27. The lowest BCUT2D eigenvalue weighted by molar-refractivity contribution is -0.137. The smallest absolute Gasteiger partial charge is 0.304 e. The molecule has 36 heavy (non-hydrogen) atoms. The van der Waals surface area contributed by atoms with Crippen molar-refractivity contribution in [2.75, 3.05) is 44.7 Å². The van der Waals surface area contributed by atoms with Crippen molar-refractivity contribution >= 4 is 11.8 Å². The number of fused-ring (bicyclic) bond motifs is 1. The van der Waals surface area contributed by atoms with E-state index in [-0.39, 0.29) is 18.4 Å². The molecule has 1 aromatic heterocycles. The lowest BCUT2D eigenvalue weighted by atomic mass is 9.94. The SMILES string of the molecule is O=C(O)C[C@H](CN1CC[C@@H](CCc2ccc3c(n2)NCCC3)C1)c1cccc(OC2CCOCC2)c1. The zero-order valence-corrected chi connectivity index (χ0v) is 21.2. The van der Waals surface area contributed by atoms with Gasteiger partial charge in [0.15, 0.2) is 0 Å². The molecule has 2 saturated heterocycles. The fourth-order valence-electron chi connectivity index (χ4n) is 5.81. The summed E-state index contributed by atoms with van der Waals surface area (Å²) < 4.78 is 11.6. The van der Waals surface area contributed by atoms with Crippen LogP contribution in [0.25, 0.3) is 0 Å². The van der Waals surface area contributed by atoms with Crippen molar-refractivity contribution in [1.82, 2.24) is 9.88 Å². The Labute approximate surface area is 214 Å². The summed E-state index contributed by atoms with van der Waals surface area (Å²) in [5.41, 5.74) is 3.56. The Hall–Kier alpha value is -2.64. The van der Waals surface area contributed by atoms with E-state index in [4.69, 9.17) is 14.5 Å². The van der Waals surface area contributed by atoms with Crippen LogP contribution in [0.1, 0.15) is 61.3 Å². The molecule has 3 aliphatic rings. The molecule has 7 heteroatoms. The monoisotopic (exact) mass is 493 g/mol. The first kappa shape index (κ1) is 25.0. The van der Waals surface area contributed by atoms with Crippen molar-refractivity contribution in [2.45, 2.75) is 63.4 Å². The molecule has 0 amide bonds. The maximum atomic E-state index is 11.7. The van der Waals surface area contributed by atoms with Crippen LogP contribution in [0.4, 0.5) is 5.82 Å². The molecule has 0 saturated carbocycles. The lowest BCUT2D eigenvalue weighted by Gasteiger charge is -2.25. The summed E-state index contributed by atoms with van der Waals surface area (Å²) in [6, 6.07) is 12.5. The number of aromatic nitrogens is 1. The van der Waals surface area contributed by atoms with Gasteiger partial charge in [-0.2, -0.15) is 0 Å². The van der Waals surface area contributed by atoms with Crippen molar-refractivity contribution in [1.29, 1.82) is 0 Å². The van der Waals surface area contributed by atoms with Gasteiger partial charge in [0.25, 0.3) is 0 Å². The van der Waals surface area contributed by atoms with Crippen LogP contribution in [0.3, 0.4) is 0 Å². The van der Waals surface area contributed by atoms with Crippen molar-refractivity contribution < 1.29 is 19.4 Å². The molecule has 2 atom stereocenters. The highest BCUT2D eigenvalue weighted by atomic mass is 16.5. The van der Waals surface area contributed by atoms with Crippen LogP contribution in [0.5, 0.6) is 5.75 Å². The van der Waals surface area contributed by atoms with Gasteiger partial charge in [-0.25, -0.2) is 4.98 Å². The standard InChI is InChI=1S/C29H39N3O4/c33-28(34)18-24(23-3-1-5-27(17-23)36-26-11-15-35-16-12-26)20-32-14-10-21(19-32)6-8-25-9-7-22-4-2-13-30-29(22)31-25/h1,3,5,7,9,17,21,24,26H,2,4,6,8,10-16,18-20H2,(H,30,31)(H,33,34)/t21-,24-/m1/s1. The number of likely N-dealkylation sites (tertiary alicyclic amines) is 1. The van der Waals surface area contributed by atoms with Crippen LogP contribution in [-0.4, -0.2) is 66.5 Å². The Balaban J connectivity index is 1.16. The van der Waals surface area contributed by atoms with Gasteiger partial charge in [-0.05, 0) is 73.9 Å². The van der Waals surface area contributed by atoms with E-state index in [2.05, 4.69) is 22.3 Å². The van der Waals surface area contributed by atoms with Gasteiger partial charge in [0.2, 0.25) is 0 Å². The molecule has 0 spiro atoms. The molecular formula is C29H39N3O4. The number of carbonyl (C=O) groups is 1. The molecule has 3 aliphatic heterocycles. The molecule has 2 aromatic rings. The van der Waals surface area contributed by atoms with Crippen LogP contribution in [0.15, 0.2) is 36.4 Å². The maximum absolute atomic E-state index is 11.7. The average Bonchev–Trinajstić information content (AvgIpc) is 3.35. The molecule has 2 N–H and O–H groups in total. The summed E-state index contributed by atoms with van der Waals surface area (Å²) >= 11 is 0. The number of carboxylic acids is 1. The van der Waals surface area contributed by atoms with Crippen LogP contribution in [-0.2, 0) is 22.4 Å². The third-order valence-corrected chi connectivity index (χ3v) is 7.83. The van der Waals surface area contributed by atoms with Gasteiger partial charge in [-0.1, -0.05) is 18.2 Å². The summed E-state index contributed by atoms with van der Waals surface area (Å²) in [6.45, 7) is 5.31. The quantitative estimate of drug-likeness (QED) is 0.504. The van der Waals surface area contributed by atoms with Crippen LogP contribution in [0, 0.1) is 5.92 Å². The molecule has 5 rings (SSSR count). The fourth-order valence-corrected chi connectivity index (χ4v) is 5.81. The molecule has 1 aromatic carbocycles. The van der Waals surface area contributed by atoms with E-state index in [1.807, 2.05) is 24.3 Å². The molecule has 0 radical (unpaired) electrons. The zero-order chi connectivity index (χ0) is 24.7. The molecule has 7 nitrogen and oxygen atoms in total. The van der Waals surface area contributed by atoms with E-state index >= 15 is 0 Å². The minimum Gasteiger partial charge on any atom is -0.490 e. The predicted molar refractivity (Wildman–Crippen MR) is 140 cm³/mol. The predicted octanol–water partition coefficient (Wildman–Crippen LogP) is 4.51. The number of rotatable bonds is 10. The van der Waals surface area contributed by atoms with E-state index in [0.29, 0.717) is 5.92 Å². The van der Waals surface area contributed by atoms with Gasteiger partial charge in [0.1, 0.15) is 17.7 Å². The zero-order valence-electron chi connectivity index (χ0n) is 21.2. The minimum atomic E-state index is -0.751. The number of anilines is 1. The fraction of sp³-hybridized carbons (Fsp3) is 0.586. The normalized spacial score (nSPS) is 21.5. The first-order chi connectivity index (χ1) is 17.6. The molecule has 0 unspecified atom stereocenters. The summed E-state index contributed by atoms with van der Waals surface area (Å²) in [4.78, 5) is 19.0. The van der Waals surface area contributed by atoms with Crippen LogP contribution < -0.4 is 10.1 Å². The summed E-state index contributed by atoms with van der Waals surface area (Å²) in [6.07, 6.45) is 7.69. The minimum absolute atomic E-state index is 0.0483. The number of nitrogens with zero attached hydrogens (tertiary/aromatic N) is 2. The van der Waals surface area contributed by atoms with Gasteiger partial charge in [0.05, 0.1) is 19.6 Å². The van der Waals surface area contributed by atoms with E-state index in [1.165, 1.54) is 17.7 Å². The van der Waals surface area contributed by atoms with Crippen molar-refractivity contribution in [3.8, 4) is 5.75 Å². The van der Waals surface area contributed by atoms with Crippen molar-refractivity contribution in [2.24, 2.45) is 5.92 Å². The number of ether oxygens (including phenoxy) is 2. The number of aliphatic carboxylic acids is 1. The molecule has 0 aliphatic carbocycles. The summed E-state index contributed by atoms with van der Waals surface area (Å²) in [5, 5.41) is 13.1. The van der Waals surface area contributed by atoms with Gasteiger partial charge in [-0.15, -0.1) is 0 Å². The number of nitrogens with one attached hydrogen (secondary N) is 1. The maximum Gasteiger partial charge on any atom is 0.304 e. The van der Waals surface area contributed by atoms with E-state index in [0.717, 1.165) is 95.0 Å². The van der Waals surface area contributed by atoms with Gasteiger partial charge in [-0.3, -0.25) is 4.79 Å². The molecule has 4 heterocycles. The average molecular weight is 494 g/mol. The number of hydrogen-bond donors (Lipinski definition) is 2. The molecular weight excluding hydrogens is 454 g/mol. The number of pyridine rings is 1. The van der Waals surface area contributed by atoms with Gasteiger partial charge in [0, 0.05) is 44.1 Å². The highest BCUT2D eigenvalue weighted by molar-refractivity contribution is 5.68. The van der Waals surface area contributed by atoms with Crippen molar-refractivity contribution in [3.05, 3.63) is 53.2 Å². The Morgan fingerprint density at radius 1 is 1.22 bits per heavy atom. The van der Waals surface area contributed by atoms with Gasteiger partial charge < -0.3 is 24.8 Å². The first-order valence-electron chi connectivity index (χ1n) is 13.6. The van der Waals surface area contributed by atoms with E-state index in [1.54, 1.807) is 0 Å². The first-order valence-corrected chi connectivity index (χ1v) is 13.6. The second-order valence-corrected chi connectivity index (χ2v) is 10.6. The summed E-state index contributed by atoms with van der Waals surface area (Å²) in [7, 11) is 0. The van der Waals surface area contributed by atoms with Crippen molar-refractivity contribution in [3.63, 3.8) is 0 Å².